The van der Waals surface area contributed by atoms with Crippen LogP contribution in [0.5, 0.6) is 0 Å². The molecule has 2 aliphatic rings. The first-order chi connectivity index (χ1) is 13.0. The van der Waals surface area contributed by atoms with Gasteiger partial charge in [-0.25, -0.2) is 9.97 Å². The number of aryl methyl sites for hydroxylation is 1. The van der Waals surface area contributed by atoms with Gasteiger partial charge >= 0.3 is 0 Å². The van der Waals surface area contributed by atoms with Gasteiger partial charge in [0.1, 0.15) is 0 Å². The van der Waals surface area contributed by atoms with Crippen LogP contribution in [0.15, 0.2) is 30.7 Å². The minimum atomic E-state index is 0.00875. The Balaban J connectivity index is 1.34. The summed E-state index contributed by atoms with van der Waals surface area (Å²) in [5.41, 5.74) is 2.85. The van der Waals surface area contributed by atoms with E-state index in [9.17, 15) is 4.79 Å². The maximum Gasteiger partial charge on any atom is 0.257 e. The summed E-state index contributed by atoms with van der Waals surface area (Å²) in [5.74, 6) is 0.513. The van der Waals surface area contributed by atoms with E-state index in [0.29, 0.717) is 11.5 Å². The normalized spacial score (nSPS) is 19.4. The van der Waals surface area contributed by atoms with Gasteiger partial charge in [0.05, 0.1) is 11.6 Å². The van der Waals surface area contributed by atoms with E-state index in [0.717, 1.165) is 50.4 Å². The summed E-state index contributed by atoms with van der Waals surface area (Å²) in [6.07, 6.45) is 7.14. The molecule has 4 heterocycles. The van der Waals surface area contributed by atoms with E-state index >= 15 is 0 Å². The van der Waals surface area contributed by atoms with Crippen molar-refractivity contribution in [1.29, 1.82) is 0 Å². The lowest BCUT2D eigenvalue weighted by Crippen LogP contribution is -2.60. The minimum absolute atomic E-state index is 0.00875. The number of anilines is 1. The van der Waals surface area contributed by atoms with Crippen LogP contribution in [0.1, 0.15) is 47.4 Å². The largest absolute Gasteiger partial charge is 0.381 e. The number of rotatable bonds is 4. The minimum Gasteiger partial charge on any atom is -0.381 e. The van der Waals surface area contributed by atoms with Crippen molar-refractivity contribution in [1.82, 2.24) is 19.9 Å². The lowest BCUT2D eigenvalue weighted by Gasteiger charge is -2.52. The monoisotopic (exact) mass is 367 g/mol. The Labute approximate surface area is 159 Å². The van der Waals surface area contributed by atoms with E-state index in [-0.39, 0.29) is 17.4 Å². The molecule has 1 atom stereocenters. The van der Waals surface area contributed by atoms with Gasteiger partial charge in [-0.2, -0.15) is 0 Å². The number of hydrogen-bond acceptors (Lipinski definition) is 6. The average Bonchev–Trinajstić information content (AvgIpc) is 2.67. The van der Waals surface area contributed by atoms with Crippen molar-refractivity contribution in [3.05, 3.63) is 47.5 Å². The van der Waals surface area contributed by atoms with Crippen LogP contribution in [-0.4, -0.2) is 52.1 Å². The molecule has 4 rings (SSSR count). The number of likely N-dealkylation sites (tertiary alicyclic amines) is 1. The molecule has 0 aliphatic carbocycles. The Morgan fingerprint density at radius 2 is 1.85 bits per heavy atom. The number of carbonyl (C=O) groups excluding carboxylic acids is 1. The van der Waals surface area contributed by atoms with Crippen molar-refractivity contribution in [2.24, 2.45) is 5.41 Å². The van der Waals surface area contributed by atoms with Gasteiger partial charge in [0, 0.05) is 56.0 Å². The summed E-state index contributed by atoms with van der Waals surface area (Å²) in [5, 5.41) is 3.25. The number of hydrogen-bond donors (Lipinski definition) is 1. The highest BCUT2D eigenvalue weighted by molar-refractivity contribution is 5.94. The van der Waals surface area contributed by atoms with E-state index in [2.05, 4.69) is 20.3 Å². The van der Waals surface area contributed by atoms with Crippen molar-refractivity contribution in [2.45, 2.75) is 32.7 Å². The second-order valence-electron chi connectivity index (χ2n) is 7.67. The molecule has 142 valence electrons. The van der Waals surface area contributed by atoms with Gasteiger partial charge in [0.25, 0.3) is 5.91 Å². The van der Waals surface area contributed by atoms with Gasteiger partial charge in [0.15, 0.2) is 0 Å². The number of carbonyl (C=O) groups is 1. The van der Waals surface area contributed by atoms with Gasteiger partial charge in [-0.3, -0.25) is 9.78 Å². The third-order valence-electron chi connectivity index (χ3n) is 5.57. The molecule has 0 radical (unpaired) electrons. The van der Waals surface area contributed by atoms with E-state index in [1.165, 1.54) is 0 Å². The molecule has 7 nitrogen and oxygen atoms in total. The molecule has 2 fully saturated rings. The van der Waals surface area contributed by atoms with E-state index in [4.69, 9.17) is 4.74 Å². The fraction of sp³-hybridized carbons (Fsp3) is 0.500. The van der Waals surface area contributed by atoms with Crippen LogP contribution in [-0.2, 0) is 4.74 Å². The molecule has 1 N–H and O–H groups in total. The smallest absolute Gasteiger partial charge is 0.257 e. The number of ether oxygens (including phenoxy) is 1. The fourth-order valence-corrected chi connectivity index (χ4v) is 3.74. The lowest BCUT2D eigenvalue weighted by atomic mass is 9.73. The summed E-state index contributed by atoms with van der Waals surface area (Å²) in [4.78, 5) is 27.5. The van der Waals surface area contributed by atoms with E-state index < -0.39 is 0 Å². The SMILES string of the molecule is Cc1ccc(C(C)Nc2ncc(C(=O)N3CC4(CCOCC4)C3)cn2)cn1. The molecule has 1 amide bonds. The van der Waals surface area contributed by atoms with Gasteiger partial charge in [-0.1, -0.05) is 6.07 Å². The van der Waals surface area contributed by atoms with Gasteiger partial charge in [0.2, 0.25) is 5.95 Å². The number of nitrogens with one attached hydrogen (secondary N) is 1. The summed E-state index contributed by atoms with van der Waals surface area (Å²) < 4.78 is 5.43. The van der Waals surface area contributed by atoms with Crippen LogP contribution in [0.4, 0.5) is 5.95 Å². The van der Waals surface area contributed by atoms with Crippen molar-refractivity contribution >= 4 is 11.9 Å². The van der Waals surface area contributed by atoms with Crippen LogP contribution >= 0.6 is 0 Å². The summed E-state index contributed by atoms with van der Waals surface area (Å²) in [6, 6.07) is 4.05. The topological polar surface area (TPSA) is 80.2 Å². The Hall–Kier alpha value is -2.54. The first kappa shape index (κ1) is 17.9. The van der Waals surface area contributed by atoms with Crippen molar-refractivity contribution in [3.8, 4) is 0 Å². The molecule has 2 saturated heterocycles. The van der Waals surface area contributed by atoms with Crippen LogP contribution in [0.25, 0.3) is 0 Å². The molecular formula is C20H25N5O2. The van der Waals surface area contributed by atoms with Crippen molar-refractivity contribution in [2.75, 3.05) is 31.6 Å². The Morgan fingerprint density at radius 3 is 2.48 bits per heavy atom. The second kappa shape index (κ2) is 7.23. The molecule has 0 aromatic carbocycles. The Kier molecular flexibility index (Phi) is 4.78. The van der Waals surface area contributed by atoms with Crippen LogP contribution < -0.4 is 5.32 Å². The number of aromatic nitrogens is 3. The summed E-state index contributed by atoms with van der Waals surface area (Å²) >= 11 is 0. The first-order valence-corrected chi connectivity index (χ1v) is 9.43. The highest BCUT2D eigenvalue weighted by Gasteiger charge is 2.45. The van der Waals surface area contributed by atoms with E-state index in [1.54, 1.807) is 12.4 Å². The van der Waals surface area contributed by atoms with Gasteiger partial charge in [-0.15, -0.1) is 0 Å². The Morgan fingerprint density at radius 1 is 1.15 bits per heavy atom. The first-order valence-electron chi connectivity index (χ1n) is 9.43. The summed E-state index contributed by atoms with van der Waals surface area (Å²) in [7, 11) is 0. The second-order valence-corrected chi connectivity index (χ2v) is 7.67. The van der Waals surface area contributed by atoms with Gasteiger partial charge in [-0.05, 0) is 38.3 Å². The average molecular weight is 367 g/mol. The molecule has 2 aromatic rings. The molecular weight excluding hydrogens is 342 g/mol. The number of nitrogens with zero attached hydrogens (tertiary/aromatic N) is 4. The Bertz CT molecular complexity index is 792. The van der Waals surface area contributed by atoms with Crippen LogP contribution in [0.2, 0.25) is 0 Å². The van der Waals surface area contributed by atoms with Crippen LogP contribution in [0, 0.1) is 12.3 Å². The fourth-order valence-electron chi connectivity index (χ4n) is 3.74. The number of pyridine rings is 1. The predicted octanol–water partition coefficient (Wildman–Crippen LogP) is 2.61. The molecule has 1 unspecified atom stereocenters. The zero-order chi connectivity index (χ0) is 18.9. The molecule has 2 aliphatic heterocycles. The van der Waals surface area contributed by atoms with Crippen molar-refractivity contribution in [3.63, 3.8) is 0 Å². The predicted molar refractivity (Wildman–Crippen MR) is 101 cm³/mol. The lowest BCUT2D eigenvalue weighted by molar-refractivity contribution is -0.0666. The van der Waals surface area contributed by atoms with Crippen LogP contribution in [0.3, 0.4) is 0 Å². The molecule has 7 heteroatoms. The maximum absolute atomic E-state index is 12.6. The standard InChI is InChI=1S/C20H25N5O2/c1-14-3-4-16(9-21-14)15(2)24-19-22-10-17(11-23-19)18(26)25-12-20(13-25)5-7-27-8-6-20/h3-4,9-11,15H,5-8,12-13H2,1-2H3,(H,22,23,24). The molecule has 0 bridgehead atoms. The van der Waals surface area contributed by atoms with Gasteiger partial charge < -0.3 is 15.0 Å². The van der Waals surface area contributed by atoms with E-state index in [1.807, 2.05) is 37.1 Å². The third kappa shape index (κ3) is 3.78. The highest BCUT2D eigenvalue weighted by atomic mass is 16.5. The molecule has 0 saturated carbocycles. The molecule has 27 heavy (non-hydrogen) atoms. The van der Waals surface area contributed by atoms with Crippen molar-refractivity contribution < 1.29 is 9.53 Å². The maximum atomic E-state index is 12.6. The summed E-state index contributed by atoms with van der Waals surface area (Å²) in [6.45, 7) is 7.23. The third-order valence-corrected chi connectivity index (χ3v) is 5.57. The zero-order valence-corrected chi connectivity index (χ0v) is 15.8. The number of amides is 1. The molecule has 2 aromatic heterocycles. The highest BCUT2D eigenvalue weighted by Crippen LogP contribution is 2.40. The molecule has 1 spiro atoms. The zero-order valence-electron chi connectivity index (χ0n) is 15.8. The quantitative estimate of drug-likeness (QED) is 0.895.